The maximum Gasteiger partial charge on any atom is 0.133 e. The van der Waals surface area contributed by atoms with Crippen molar-refractivity contribution in [3.63, 3.8) is 0 Å². The molecule has 106 valence electrons. The van der Waals surface area contributed by atoms with Crippen LogP contribution in [-0.4, -0.2) is 6.61 Å². The Morgan fingerprint density at radius 2 is 1.95 bits per heavy atom. The maximum atomic E-state index is 6.59. The van der Waals surface area contributed by atoms with E-state index in [1.165, 1.54) is 0 Å². The van der Waals surface area contributed by atoms with Gasteiger partial charge in [0, 0.05) is 5.02 Å². The summed E-state index contributed by atoms with van der Waals surface area (Å²) in [6.45, 7) is 4.61. The predicted octanol–water partition coefficient (Wildman–Crippen LogP) is 6.14. The van der Waals surface area contributed by atoms with Gasteiger partial charge in [-0.05, 0) is 70.7 Å². The number of ether oxygens (including phenoxy) is 1. The summed E-state index contributed by atoms with van der Waals surface area (Å²) in [7, 11) is 0. The number of benzene rings is 2. The van der Waals surface area contributed by atoms with Crippen LogP contribution < -0.4 is 4.74 Å². The third kappa shape index (κ3) is 3.49. The molecule has 0 radical (unpaired) electrons. The molecule has 1 nitrogen and oxygen atoms in total. The topological polar surface area (TPSA) is 9.23 Å². The highest BCUT2D eigenvalue weighted by atomic mass is 79.9. The standard InChI is InChI=1S/C16H15BrCl2O/c1-3-20-15-7-4-11(9-14(15)17)16(19)13-6-5-12(18)8-10(13)2/h4-9,16H,3H2,1-2H3. The lowest BCUT2D eigenvalue weighted by molar-refractivity contribution is 0.338. The van der Waals surface area contributed by atoms with Gasteiger partial charge in [-0.3, -0.25) is 0 Å². The van der Waals surface area contributed by atoms with Gasteiger partial charge in [0.05, 0.1) is 16.5 Å². The summed E-state index contributed by atoms with van der Waals surface area (Å²) in [4.78, 5) is 0. The molecule has 0 bridgehead atoms. The van der Waals surface area contributed by atoms with Crippen LogP contribution in [0.15, 0.2) is 40.9 Å². The zero-order valence-corrected chi connectivity index (χ0v) is 14.4. The van der Waals surface area contributed by atoms with E-state index in [1.54, 1.807) is 0 Å². The van der Waals surface area contributed by atoms with Gasteiger partial charge in [0.15, 0.2) is 0 Å². The summed E-state index contributed by atoms with van der Waals surface area (Å²) < 4.78 is 6.42. The van der Waals surface area contributed by atoms with Crippen molar-refractivity contribution in [1.82, 2.24) is 0 Å². The second-order valence-electron chi connectivity index (χ2n) is 4.49. The minimum Gasteiger partial charge on any atom is -0.493 e. The van der Waals surface area contributed by atoms with Crippen molar-refractivity contribution in [3.8, 4) is 5.75 Å². The number of alkyl halides is 1. The molecule has 0 heterocycles. The normalized spacial score (nSPS) is 12.2. The van der Waals surface area contributed by atoms with E-state index in [9.17, 15) is 0 Å². The molecule has 2 rings (SSSR count). The first-order valence-electron chi connectivity index (χ1n) is 6.35. The molecule has 20 heavy (non-hydrogen) atoms. The fraction of sp³-hybridized carbons (Fsp3) is 0.250. The Labute approximate surface area is 138 Å². The fourth-order valence-electron chi connectivity index (χ4n) is 2.05. The van der Waals surface area contributed by atoms with Gasteiger partial charge in [0.25, 0.3) is 0 Å². The SMILES string of the molecule is CCOc1ccc(C(Cl)c2ccc(Cl)cc2C)cc1Br. The second kappa shape index (κ2) is 6.84. The Bertz CT molecular complexity index is 613. The van der Waals surface area contributed by atoms with E-state index >= 15 is 0 Å². The maximum absolute atomic E-state index is 6.59. The van der Waals surface area contributed by atoms with E-state index in [2.05, 4.69) is 15.9 Å². The number of rotatable bonds is 4. The van der Waals surface area contributed by atoms with Crippen molar-refractivity contribution in [2.45, 2.75) is 19.2 Å². The first-order valence-corrected chi connectivity index (χ1v) is 7.96. The minimum absolute atomic E-state index is 0.209. The molecule has 4 heteroatoms. The first-order chi connectivity index (χ1) is 9.52. The Morgan fingerprint density at radius 3 is 2.55 bits per heavy atom. The van der Waals surface area contributed by atoms with Crippen LogP contribution in [-0.2, 0) is 0 Å². The van der Waals surface area contributed by atoms with Gasteiger partial charge in [-0.25, -0.2) is 0 Å². The van der Waals surface area contributed by atoms with Crippen LogP contribution in [0.2, 0.25) is 5.02 Å². The molecule has 0 saturated carbocycles. The van der Waals surface area contributed by atoms with Gasteiger partial charge < -0.3 is 4.74 Å². The van der Waals surface area contributed by atoms with Crippen LogP contribution in [0.1, 0.15) is 29.0 Å². The number of hydrogen-bond donors (Lipinski definition) is 0. The lowest BCUT2D eigenvalue weighted by Gasteiger charge is -2.15. The average molecular weight is 374 g/mol. The van der Waals surface area contributed by atoms with E-state index in [-0.39, 0.29) is 5.38 Å². The summed E-state index contributed by atoms with van der Waals surface area (Å²) in [5, 5.41) is 0.516. The van der Waals surface area contributed by atoms with E-state index < -0.39 is 0 Å². The van der Waals surface area contributed by atoms with Crippen LogP contribution >= 0.6 is 39.1 Å². The molecular weight excluding hydrogens is 359 g/mol. The molecule has 1 unspecified atom stereocenters. The highest BCUT2D eigenvalue weighted by Gasteiger charge is 2.15. The minimum atomic E-state index is -0.209. The third-order valence-electron chi connectivity index (χ3n) is 3.05. The van der Waals surface area contributed by atoms with E-state index in [0.717, 1.165) is 31.9 Å². The first kappa shape index (κ1) is 15.7. The van der Waals surface area contributed by atoms with Gasteiger partial charge in [0.2, 0.25) is 0 Å². The smallest absolute Gasteiger partial charge is 0.133 e. The Balaban J connectivity index is 2.33. The molecular formula is C16H15BrCl2O. The molecule has 2 aromatic carbocycles. The fourth-order valence-corrected chi connectivity index (χ4v) is 3.17. The van der Waals surface area contributed by atoms with Gasteiger partial charge >= 0.3 is 0 Å². The van der Waals surface area contributed by atoms with Crippen LogP contribution in [0.25, 0.3) is 0 Å². The van der Waals surface area contributed by atoms with E-state index in [0.29, 0.717) is 6.61 Å². The molecule has 0 amide bonds. The monoisotopic (exact) mass is 372 g/mol. The molecule has 0 N–H and O–H groups in total. The van der Waals surface area contributed by atoms with Crippen LogP contribution in [0.4, 0.5) is 0 Å². The second-order valence-corrected chi connectivity index (χ2v) is 6.21. The third-order valence-corrected chi connectivity index (χ3v) is 4.40. The molecule has 0 aliphatic carbocycles. The molecule has 0 aliphatic rings. The van der Waals surface area contributed by atoms with Gasteiger partial charge in [-0.15, -0.1) is 11.6 Å². The number of hydrogen-bond acceptors (Lipinski definition) is 1. The zero-order valence-electron chi connectivity index (χ0n) is 11.3. The van der Waals surface area contributed by atoms with Crippen molar-refractivity contribution < 1.29 is 4.74 Å². The highest BCUT2D eigenvalue weighted by molar-refractivity contribution is 9.10. The molecule has 0 aliphatic heterocycles. The average Bonchev–Trinajstić information content (AvgIpc) is 2.40. The van der Waals surface area contributed by atoms with Crippen molar-refractivity contribution in [2.24, 2.45) is 0 Å². The van der Waals surface area contributed by atoms with Crippen LogP contribution in [0, 0.1) is 6.92 Å². The molecule has 0 spiro atoms. The molecule has 0 fully saturated rings. The molecule has 0 saturated heterocycles. The van der Waals surface area contributed by atoms with Crippen molar-refractivity contribution in [3.05, 3.63) is 62.6 Å². The van der Waals surface area contributed by atoms with Crippen molar-refractivity contribution >= 4 is 39.1 Å². The van der Waals surface area contributed by atoms with E-state index in [4.69, 9.17) is 27.9 Å². The van der Waals surface area contributed by atoms with Gasteiger partial charge in [-0.2, -0.15) is 0 Å². The Kier molecular flexibility index (Phi) is 5.36. The van der Waals surface area contributed by atoms with E-state index in [1.807, 2.05) is 50.2 Å². The summed E-state index contributed by atoms with van der Waals surface area (Å²) >= 11 is 16.1. The number of halogens is 3. The Hall–Kier alpha value is -0.700. The summed E-state index contributed by atoms with van der Waals surface area (Å²) in [5.41, 5.74) is 3.17. The van der Waals surface area contributed by atoms with Crippen molar-refractivity contribution in [2.75, 3.05) is 6.61 Å². The van der Waals surface area contributed by atoms with Crippen LogP contribution in [0.3, 0.4) is 0 Å². The number of aryl methyl sites for hydroxylation is 1. The highest BCUT2D eigenvalue weighted by Crippen LogP contribution is 2.36. The predicted molar refractivity (Wildman–Crippen MR) is 89.2 cm³/mol. The zero-order chi connectivity index (χ0) is 14.7. The van der Waals surface area contributed by atoms with Gasteiger partial charge in [0.1, 0.15) is 5.75 Å². The molecule has 0 aromatic heterocycles. The molecule has 1 atom stereocenters. The molecule has 2 aromatic rings. The quantitative estimate of drug-likeness (QED) is 0.585. The summed E-state index contributed by atoms with van der Waals surface area (Å²) in [5.74, 6) is 0.827. The van der Waals surface area contributed by atoms with Gasteiger partial charge in [-0.1, -0.05) is 23.7 Å². The summed E-state index contributed by atoms with van der Waals surface area (Å²) in [6, 6.07) is 11.7. The lowest BCUT2D eigenvalue weighted by atomic mass is 10.00. The summed E-state index contributed by atoms with van der Waals surface area (Å²) in [6.07, 6.45) is 0. The van der Waals surface area contributed by atoms with Crippen molar-refractivity contribution in [1.29, 1.82) is 0 Å². The van der Waals surface area contributed by atoms with Crippen LogP contribution in [0.5, 0.6) is 5.75 Å². The largest absolute Gasteiger partial charge is 0.493 e. The Morgan fingerprint density at radius 1 is 1.20 bits per heavy atom. The lowest BCUT2D eigenvalue weighted by Crippen LogP contribution is -1.98.